The van der Waals surface area contributed by atoms with Crippen LogP contribution in [0.5, 0.6) is 0 Å². The molecule has 1 heterocycles. The van der Waals surface area contributed by atoms with E-state index in [1.54, 1.807) is 14.1 Å². The quantitative estimate of drug-likeness (QED) is 0.716. The normalized spacial score (nSPS) is 9.92. The van der Waals surface area contributed by atoms with Gasteiger partial charge in [-0.3, -0.25) is 4.79 Å². The Kier molecular flexibility index (Phi) is 2.38. The number of nitrogens with two attached hydrogens (primary N) is 1. The van der Waals surface area contributed by atoms with Gasteiger partial charge in [-0.15, -0.1) is 11.3 Å². The fraction of sp³-hybridized carbons (Fsp3) is 0.375. The van der Waals surface area contributed by atoms with Crippen LogP contribution in [0, 0.1) is 6.92 Å². The van der Waals surface area contributed by atoms with E-state index in [-0.39, 0.29) is 5.91 Å². The number of carbonyl (C=O) groups excluding carboxylic acids is 1. The van der Waals surface area contributed by atoms with Crippen molar-refractivity contribution in [2.45, 2.75) is 6.92 Å². The van der Waals surface area contributed by atoms with Gasteiger partial charge in [0.2, 0.25) is 0 Å². The van der Waals surface area contributed by atoms with Crippen LogP contribution in [0.25, 0.3) is 0 Å². The zero-order valence-electron chi connectivity index (χ0n) is 7.42. The Balaban J connectivity index is 3.09. The van der Waals surface area contributed by atoms with Crippen LogP contribution in [-0.2, 0) is 0 Å². The predicted molar refractivity (Wildman–Crippen MR) is 51.5 cm³/mol. The summed E-state index contributed by atoms with van der Waals surface area (Å²) in [5.41, 5.74) is 7.25. The molecule has 0 aliphatic carbocycles. The molecule has 1 rings (SSSR count). The first-order valence-corrected chi connectivity index (χ1v) is 4.47. The number of thiophene rings is 1. The van der Waals surface area contributed by atoms with E-state index in [1.165, 1.54) is 16.2 Å². The Hall–Kier alpha value is -1.03. The van der Waals surface area contributed by atoms with Gasteiger partial charge in [-0.1, -0.05) is 0 Å². The minimum absolute atomic E-state index is 0.0220. The number of anilines is 1. The van der Waals surface area contributed by atoms with Crippen molar-refractivity contribution < 1.29 is 4.79 Å². The highest BCUT2D eigenvalue weighted by Crippen LogP contribution is 2.24. The number of nitrogens with zero attached hydrogens (tertiary/aromatic N) is 1. The van der Waals surface area contributed by atoms with Crippen LogP contribution in [0.4, 0.5) is 5.00 Å². The molecule has 2 N–H and O–H groups in total. The van der Waals surface area contributed by atoms with Gasteiger partial charge < -0.3 is 10.6 Å². The standard InChI is InChI=1S/C8H12N2OS/c1-5-4-12-7(9)6(5)8(11)10(2)3/h4H,9H2,1-3H3. The van der Waals surface area contributed by atoms with Crippen molar-refractivity contribution >= 4 is 22.2 Å². The molecule has 0 saturated heterocycles. The van der Waals surface area contributed by atoms with Crippen LogP contribution in [0.2, 0.25) is 0 Å². The maximum absolute atomic E-state index is 11.5. The lowest BCUT2D eigenvalue weighted by Crippen LogP contribution is -2.22. The maximum Gasteiger partial charge on any atom is 0.256 e. The summed E-state index contributed by atoms with van der Waals surface area (Å²) in [4.78, 5) is 13.0. The summed E-state index contributed by atoms with van der Waals surface area (Å²) in [6.07, 6.45) is 0. The van der Waals surface area contributed by atoms with Crippen molar-refractivity contribution in [2.24, 2.45) is 0 Å². The summed E-state index contributed by atoms with van der Waals surface area (Å²) in [7, 11) is 3.44. The highest BCUT2D eigenvalue weighted by atomic mass is 32.1. The van der Waals surface area contributed by atoms with E-state index in [1.807, 2.05) is 12.3 Å². The third-order valence-electron chi connectivity index (χ3n) is 1.62. The first kappa shape index (κ1) is 9.06. The molecule has 0 atom stereocenters. The smallest absolute Gasteiger partial charge is 0.256 e. The van der Waals surface area contributed by atoms with E-state index in [4.69, 9.17) is 5.73 Å². The molecule has 0 bridgehead atoms. The zero-order chi connectivity index (χ0) is 9.30. The molecule has 0 unspecified atom stereocenters. The topological polar surface area (TPSA) is 46.3 Å². The number of nitrogen functional groups attached to an aromatic ring is 1. The van der Waals surface area contributed by atoms with Gasteiger partial charge in [-0.25, -0.2) is 0 Å². The van der Waals surface area contributed by atoms with E-state index in [2.05, 4.69) is 0 Å². The molecule has 0 aliphatic heterocycles. The Morgan fingerprint density at radius 2 is 2.17 bits per heavy atom. The van der Waals surface area contributed by atoms with E-state index >= 15 is 0 Å². The second-order valence-electron chi connectivity index (χ2n) is 2.86. The summed E-state index contributed by atoms with van der Waals surface area (Å²) in [5.74, 6) is -0.0220. The molecule has 12 heavy (non-hydrogen) atoms. The van der Waals surface area contributed by atoms with Gasteiger partial charge >= 0.3 is 0 Å². The van der Waals surface area contributed by atoms with Crippen LogP contribution in [0.15, 0.2) is 5.38 Å². The van der Waals surface area contributed by atoms with E-state index in [0.717, 1.165) is 5.56 Å². The molecule has 0 spiro atoms. The summed E-state index contributed by atoms with van der Waals surface area (Å²) < 4.78 is 0. The minimum Gasteiger partial charge on any atom is -0.390 e. The third-order valence-corrected chi connectivity index (χ3v) is 2.55. The van der Waals surface area contributed by atoms with E-state index in [9.17, 15) is 4.79 Å². The highest BCUT2D eigenvalue weighted by molar-refractivity contribution is 7.14. The second-order valence-corrected chi connectivity index (χ2v) is 3.77. The van der Waals surface area contributed by atoms with Gasteiger partial charge in [0.25, 0.3) is 5.91 Å². The molecule has 0 aromatic carbocycles. The van der Waals surface area contributed by atoms with Gasteiger partial charge in [0.15, 0.2) is 0 Å². The molecule has 4 heteroatoms. The van der Waals surface area contributed by atoms with Crippen LogP contribution in [0.1, 0.15) is 15.9 Å². The molecule has 0 aliphatic rings. The second kappa shape index (κ2) is 3.15. The Labute approximate surface area is 75.8 Å². The Bertz CT molecular complexity index is 285. The fourth-order valence-corrected chi connectivity index (χ4v) is 1.75. The number of amides is 1. The number of aryl methyl sites for hydroxylation is 1. The van der Waals surface area contributed by atoms with Gasteiger partial charge in [0.1, 0.15) is 0 Å². The largest absolute Gasteiger partial charge is 0.390 e. The molecule has 3 nitrogen and oxygen atoms in total. The van der Waals surface area contributed by atoms with Crippen LogP contribution >= 0.6 is 11.3 Å². The Morgan fingerprint density at radius 1 is 1.58 bits per heavy atom. The molecule has 1 amide bonds. The SMILES string of the molecule is Cc1csc(N)c1C(=O)N(C)C. The van der Waals surface area contributed by atoms with Crippen LogP contribution in [0.3, 0.4) is 0 Å². The molecule has 1 aromatic heterocycles. The van der Waals surface area contributed by atoms with E-state index in [0.29, 0.717) is 10.6 Å². The van der Waals surface area contributed by atoms with Crippen molar-refractivity contribution in [2.75, 3.05) is 19.8 Å². The van der Waals surface area contributed by atoms with Gasteiger partial charge in [0.05, 0.1) is 10.6 Å². The number of hydrogen-bond donors (Lipinski definition) is 1. The summed E-state index contributed by atoms with van der Waals surface area (Å²) >= 11 is 1.41. The lowest BCUT2D eigenvalue weighted by atomic mass is 10.2. The molecular weight excluding hydrogens is 172 g/mol. The average molecular weight is 184 g/mol. The van der Waals surface area contributed by atoms with Gasteiger partial charge in [-0.2, -0.15) is 0 Å². The first-order chi connectivity index (χ1) is 5.54. The highest BCUT2D eigenvalue weighted by Gasteiger charge is 2.15. The summed E-state index contributed by atoms with van der Waals surface area (Å²) in [5, 5.41) is 2.50. The maximum atomic E-state index is 11.5. The van der Waals surface area contributed by atoms with Crippen LogP contribution in [-0.4, -0.2) is 24.9 Å². The summed E-state index contributed by atoms with van der Waals surface area (Å²) in [6.45, 7) is 1.89. The van der Waals surface area contributed by atoms with Crippen molar-refractivity contribution in [3.63, 3.8) is 0 Å². The van der Waals surface area contributed by atoms with Crippen molar-refractivity contribution in [3.05, 3.63) is 16.5 Å². The molecule has 0 saturated carbocycles. The van der Waals surface area contributed by atoms with Crippen molar-refractivity contribution in [3.8, 4) is 0 Å². The average Bonchev–Trinajstić information content (AvgIpc) is 2.30. The Morgan fingerprint density at radius 3 is 2.50 bits per heavy atom. The lowest BCUT2D eigenvalue weighted by Gasteiger charge is -2.10. The molecular formula is C8H12N2OS. The molecule has 1 aromatic rings. The van der Waals surface area contributed by atoms with Gasteiger partial charge in [-0.05, 0) is 17.9 Å². The predicted octanol–water partition coefficient (Wildman–Crippen LogP) is 1.34. The van der Waals surface area contributed by atoms with Crippen molar-refractivity contribution in [1.29, 1.82) is 0 Å². The monoisotopic (exact) mass is 184 g/mol. The van der Waals surface area contributed by atoms with Gasteiger partial charge in [0, 0.05) is 14.1 Å². The van der Waals surface area contributed by atoms with Crippen molar-refractivity contribution in [1.82, 2.24) is 4.90 Å². The molecule has 0 fully saturated rings. The number of hydrogen-bond acceptors (Lipinski definition) is 3. The molecule has 0 radical (unpaired) electrons. The number of rotatable bonds is 1. The zero-order valence-corrected chi connectivity index (χ0v) is 8.23. The fourth-order valence-electron chi connectivity index (χ4n) is 0.962. The number of carbonyl (C=O) groups is 1. The minimum atomic E-state index is -0.0220. The first-order valence-electron chi connectivity index (χ1n) is 3.59. The third kappa shape index (κ3) is 1.43. The summed E-state index contributed by atoms with van der Waals surface area (Å²) in [6, 6.07) is 0. The lowest BCUT2D eigenvalue weighted by molar-refractivity contribution is 0.0828. The van der Waals surface area contributed by atoms with E-state index < -0.39 is 0 Å². The van der Waals surface area contributed by atoms with Crippen LogP contribution < -0.4 is 5.73 Å². The molecule has 66 valence electrons.